The van der Waals surface area contributed by atoms with Gasteiger partial charge in [0.05, 0.1) is 11.3 Å². The zero-order chi connectivity index (χ0) is 18.1. The Morgan fingerprint density at radius 3 is 2.56 bits per heavy atom. The van der Waals surface area contributed by atoms with Crippen LogP contribution in [-0.4, -0.2) is 32.6 Å². The molecule has 0 amide bonds. The number of hydrogen-bond acceptors (Lipinski definition) is 3. The van der Waals surface area contributed by atoms with Crippen molar-refractivity contribution in [2.24, 2.45) is 4.99 Å². The monoisotopic (exact) mass is 344 g/mol. The minimum atomic E-state index is -2.87. The summed E-state index contributed by atoms with van der Waals surface area (Å²) < 4.78 is 29.7. The number of nitrogens with zero attached hydrogens (tertiary/aromatic N) is 1. The average molecular weight is 344 g/mol. The smallest absolute Gasteiger partial charge is 0.505 e. The van der Waals surface area contributed by atoms with Crippen LogP contribution in [0.15, 0.2) is 53.5 Å². The highest BCUT2D eigenvalue weighted by Crippen LogP contribution is 2.21. The van der Waals surface area contributed by atoms with Crippen LogP contribution >= 0.6 is 0 Å². The van der Waals surface area contributed by atoms with E-state index in [9.17, 15) is 8.63 Å². The summed E-state index contributed by atoms with van der Waals surface area (Å²) in [4.78, 5) is 7.52. The maximum absolute atomic E-state index is 12.6. The molecular formula is C18H21BF2N3O+. The molecule has 1 aliphatic rings. The molecule has 0 radical (unpaired) electrons. The summed E-state index contributed by atoms with van der Waals surface area (Å²) in [5.41, 5.74) is 2.11. The van der Waals surface area contributed by atoms with Gasteiger partial charge < -0.3 is 4.65 Å². The molecule has 7 heteroatoms. The van der Waals surface area contributed by atoms with Gasteiger partial charge in [-0.1, -0.05) is 32.0 Å². The van der Waals surface area contributed by atoms with Gasteiger partial charge in [-0.15, -0.1) is 0 Å². The highest BCUT2D eigenvalue weighted by atomic mass is 19.2. The van der Waals surface area contributed by atoms with Gasteiger partial charge in [-0.3, -0.25) is 15.3 Å². The van der Waals surface area contributed by atoms with Crippen LogP contribution in [0.5, 0.6) is 5.75 Å². The second-order valence-electron chi connectivity index (χ2n) is 4.95. The summed E-state index contributed by atoms with van der Waals surface area (Å²) in [5.74, 6) is 0.977. The number of benzene rings is 2. The molecule has 2 aromatic carbocycles. The van der Waals surface area contributed by atoms with E-state index in [0.717, 1.165) is 30.2 Å². The molecule has 0 saturated heterocycles. The van der Waals surface area contributed by atoms with E-state index in [1.807, 2.05) is 44.2 Å². The number of hydrogen-bond donors (Lipinski definition) is 2. The molecule has 0 bridgehead atoms. The lowest BCUT2D eigenvalue weighted by molar-refractivity contribution is -0.444. The molecule has 0 saturated carbocycles. The Bertz CT molecular complexity index is 736. The average Bonchev–Trinajstić information content (AvgIpc) is 3.18. The number of halogens is 2. The molecule has 1 aliphatic heterocycles. The van der Waals surface area contributed by atoms with Gasteiger partial charge >= 0.3 is 7.47 Å². The minimum absolute atomic E-state index is 0.0991. The minimum Gasteiger partial charge on any atom is -0.505 e. The molecule has 25 heavy (non-hydrogen) atoms. The summed E-state index contributed by atoms with van der Waals surface area (Å²) >= 11 is 0. The van der Waals surface area contributed by atoms with Gasteiger partial charge in [0.25, 0.3) is 5.84 Å². The van der Waals surface area contributed by atoms with Crippen molar-refractivity contribution in [3.63, 3.8) is 0 Å². The van der Waals surface area contributed by atoms with Gasteiger partial charge in [0.1, 0.15) is 18.8 Å². The zero-order valence-corrected chi connectivity index (χ0v) is 14.3. The van der Waals surface area contributed by atoms with Gasteiger partial charge in [-0.05, 0) is 30.3 Å². The summed E-state index contributed by atoms with van der Waals surface area (Å²) in [7, 11) is -2.87. The van der Waals surface area contributed by atoms with Crippen molar-refractivity contribution in [3.8, 4) is 5.75 Å². The molecule has 130 valence electrons. The van der Waals surface area contributed by atoms with Crippen molar-refractivity contribution in [1.82, 2.24) is 5.32 Å². The molecule has 0 spiro atoms. The van der Waals surface area contributed by atoms with Crippen LogP contribution < -0.4 is 15.0 Å². The first-order valence-electron chi connectivity index (χ1n) is 8.25. The van der Waals surface area contributed by atoms with E-state index in [2.05, 4.69) is 20.0 Å². The largest absolute Gasteiger partial charge is 0.796 e. The highest BCUT2D eigenvalue weighted by molar-refractivity contribution is 6.35. The maximum atomic E-state index is 12.6. The fraction of sp³-hybridized carbons (Fsp3) is 0.222. The van der Waals surface area contributed by atoms with E-state index in [-0.39, 0.29) is 5.75 Å². The molecule has 4 nitrogen and oxygen atoms in total. The highest BCUT2D eigenvalue weighted by Gasteiger charge is 2.21. The normalized spacial score (nSPS) is 12.9. The summed E-state index contributed by atoms with van der Waals surface area (Å²) in [6.45, 7) is 5.66. The van der Waals surface area contributed by atoms with Crippen LogP contribution in [0.25, 0.3) is 0 Å². The predicted molar refractivity (Wildman–Crippen MR) is 98.0 cm³/mol. The first-order chi connectivity index (χ1) is 12.2. The van der Waals surface area contributed by atoms with Gasteiger partial charge in [-0.2, -0.15) is 0 Å². The third-order valence-electron chi connectivity index (χ3n) is 3.35. The van der Waals surface area contributed by atoms with Crippen LogP contribution in [0.1, 0.15) is 25.0 Å². The Balaban J connectivity index is 0.00000109. The van der Waals surface area contributed by atoms with Crippen molar-refractivity contribution >= 4 is 25.2 Å². The molecule has 2 N–H and O–H groups in total. The number of amidine groups is 1. The first kappa shape index (κ1) is 18.6. The van der Waals surface area contributed by atoms with Crippen LogP contribution in [0, 0.1) is 0 Å². The quantitative estimate of drug-likeness (QED) is 0.645. The topological polar surface area (TPSA) is 47.6 Å². The second kappa shape index (κ2) is 9.56. The van der Waals surface area contributed by atoms with Gasteiger partial charge in [-0.25, -0.2) is 8.63 Å². The number of rotatable bonds is 5. The Kier molecular flexibility index (Phi) is 7.13. The molecule has 1 heterocycles. The third-order valence-corrected chi connectivity index (χ3v) is 3.35. The van der Waals surface area contributed by atoms with Crippen molar-refractivity contribution < 1.29 is 18.3 Å². The van der Waals surface area contributed by atoms with Crippen LogP contribution in [0.4, 0.5) is 14.3 Å². The number of aliphatic imine (C=N–C) groups is 1. The molecule has 0 aliphatic carbocycles. The molecule has 0 unspecified atom stereocenters. The van der Waals surface area contributed by atoms with E-state index < -0.39 is 7.47 Å². The van der Waals surface area contributed by atoms with Crippen LogP contribution in [0.3, 0.4) is 0 Å². The Morgan fingerprint density at radius 1 is 1.16 bits per heavy atom. The van der Waals surface area contributed by atoms with Gasteiger partial charge in [0.15, 0.2) is 0 Å². The summed E-state index contributed by atoms with van der Waals surface area (Å²) in [5, 5.41) is 3.21. The predicted octanol–water partition coefficient (Wildman–Crippen LogP) is 2.20. The van der Waals surface area contributed by atoms with E-state index in [4.69, 9.17) is 0 Å². The fourth-order valence-corrected chi connectivity index (χ4v) is 2.31. The van der Waals surface area contributed by atoms with Crippen molar-refractivity contribution in [2.75, 3.05) is 13.1 Å². The maximum Gasteiger partial charge on any atom is 0.796 e. The van der Waals surface area contributed by atoms with Crippen molar-refractivity contribution in [1.29, 1.82) is 0 Å². The summed E-state index contributed by atoms with van der Waals surface area (Å²) in [6, 6.07) is 14.3. The van der Waals surface area contributed by atoms with E-state index in [1.54, 1.807) is 12.1 Å². The third kappa shape index (κ3) is 5.41. The molecule has 0 fully saturated rings. The lowest BCUT2D eigenvalue weighted by atomic mass is 10.1. The molecular weight excluding hydrogens is 323 g/mol. The number of nitrogens with one attached hydrogen (secondary N) is 2. The number of para-hydroxylation sites is 1. The van der Waals surface area contributed by atoms with E-state index in [1.165, 1.54) is 12.3 Å². The molecule has 2 aromatic rings. The molecule has 0 atom stereocenters. The molecule has 0 aromatic heterocycles. The second-order valence-corrected chi connectivity index (χ2v) is 4.95. The van der Waals surface area contributed by atoms with Crippen molar-refractivity contribution in [2.45, 2.75) is 13.8 Å². The Morgan fingerprint density at radius 2 is 1.92 bits per heavy atom. The lowest BCUT2D eigenvalue weighted by Gasteiger charge is -2.08. The van der Waals surface area contributed by atoms with Crippen LogP contribution in [0.2, 0.25) is 0 Å². The summed E-state index contributed by atoms with van der Waals surface area (Å²) in [6.07, 6.45) is 1.53. The molecule has 3 rings (SSSR count). The lowest BCUT2D eigenvalue weighted by Crippen LogP contribution is -2.70. The van der Waals surface area contributed by atoms with Crippen molar-refractivity contribution in [3.05, 3.63) is 59.7 Å². The SMILES string of the molecule is CC.FB(F)Oc1ccc(C2=[NH+]CCN2)cc1C=Nc1ccccc1. The van der Waals surface area contributed by atoms with Gasteiger partial charge in [0, 0.05) is 11.8 Å². The van der Waals surface area contributed by atoms with E-state index in [0.29, 0.717) is 5.56 Å². The fourth-order valence-electron chi connectivity index (χ4n) is 2.31. The van der Waals surface area contributed by atoms with Gasteiger partial charge in [0.2, 0.25) is 0 Å². The first-order valence-corrected chi connectivity index (χ1v) is 8.25. The zero-order valence-electron chi connectivity index (χ0n) is 14.3. The van der Waals surface area contributed by atoms with Crippen LogP contribution in [-0.2, 0) is 0 Å². The Hall–Kier alpha value is -2.70. The Labute approximate surface area is 146 Å². The van der Waals surface area contributed by atoms with E-state index >= 15 is 0 Å². The standard InChI is InChI=1S/C16H14BF2N3O.C2H6/c18-17(19)23-15-7-6-12(16-20-8-9-21-16)10-13(15)11-22-14-4-2-1-3-5-14;1-2/h1-7,10-11H,8-9H2,(H,20,21);1-2H3/p+1.